The summed E-state index contributed by atoms with van der Waals surface area (Å²) in [6.07, 6.45) is 0. The number of nitrogens with zero attached hydrogens (tertiary/aromatic N) is 5. The lowest BCUT2D eigenvalue weighted by molar-refractivity contribution is 0.723. The third-order valence-corrected chi connectivity index (χ3v) is 3.92. The van der Waals surface area contributed by atoms with E-state index in [-0.39, 0.29) is 12.0 Å². The van der Waals surface area contributed by atoms with E-state index < -0.39 is 0 Å². The Morgan fingerprint density at radius 2 is 1.84 bits per heavy atom. The maximum Gasteiger partial charge on any atom is 0.232 e. The van der Waals surface area contributed by atoms with E-state index in [9.17, 15) is 0 Å². The smallest absolute Gasteiger partial charge is 0.232 e. The highest BCUT2D eigenvalue weighted by Crippen LogP contribution is 2.26. The number of hydrogen-bond donors (Lipinski definition) is 1. The lowest BCUT2D eigenvalue weighted by atomic mass is 10.2. The average molecular weight is 278 g/mol. The maximum absolute atomic E-state index is 5.74. The van der Waals surface area contributed by atoms with Gasteiger partial charge in [0.05, 0.1) is 6.04 Å². The summed E-state index contributed by atoms with van der Waals surface area (Å²) in [5.41, 5.74) is 5.74. The topological polar surface area (TPSA) is 71.2 Å². The van der Waals surface area contributed by atoms with E-state index in [0.29, 0.717) is 11.9 Å². The summed E-state index contributed by atoms with van der Waals surface area (Å²) in [5.74, 6) is 1.38. The van der Waals surface area contributed by atoms with Crippen molar-refractivity contribution in [1.82, 2.24) is 15.0 Å². The minimum Gasteiger partial charge on any atom is -0.368 e. The van der Waals surface area contributed by atoms with Crippen LogP contribution in [0.3, 0.4) is 0 Å². The molecule has 2 heterocycles. The number of hydrogen-bond acceptors (Lipinski definition) is 7. The SMILES string of the molecule is CC(c1cccs1)N(C)c1nc(N)nc(N(C)C)n1. The first-order chi connectivity index (χ1) is 8.99. The number of nitrogen functional groups attached to an aromatic ring is 1. The molecule has 0 saturated heterocycles. The van der Waals surface area contributed by atoms with Gasteiger partial charge in [-0.3, -0.25) is 0 Å². The molecule has 1 unspecified atom stereocenters. The summed E-state index contributed by atoms with van der Waals surface area (Å²) in [6.45, 7) is 2.11. The average Bonchev–Trinajstić information content (AvgIpc) is 2.90. The minimum atomic E-state index is 0.191. The second-order valence-corrected chi connectivity index (χ2v) is 5.47. The standard InChI is InChI=1S/C12H18N6S/c1-8(9-6-5-7-19-9)18(4)12-15-10(13)14-11(16-12)17(2)3/h5-8H,1-4H3,(H2,13,14,15,16). The molecule has 0 radical (unpaired) electrons. The second kappa shape index (κ2) is 5.40. The molecule has 0 bridgehead atoms. The molecular formula is C12H18N6S. The fourth-order valence-electron chi connectivity index (χ4n) is 1.62. The van der Waals surface area contributed by atoms with Crippen LogP contribution in [0.1, 0.15) is 17.8 Å². The van der Waals surface area contributed by atoms with Crippen molar-refractivity contribution in [1.29, 1.82) is 0 Å². The molecular weight excluding hydrogens is 260 g/mol. The monoisotopic (exact) mass is 278 g/mol. The van der Waals surface area contributed by atoms with Crippen molar-refractivity contribution >= 4 is 29.2 Å². The fraction of sp³-hybridized carbons (Fsp3) is 0.417. The molecule has 0 amide bonds. The van der Waals surface area contributed by atoms with Gasteiger partial charge in [-0.1, -0.05) is 6.07 Å². The van der Waals surface area contributed by atoms with Crippen molar-refractivity contribution < 1.29 is 0 Å². The zero-order chi connectivity index (χ0) is 14.0. The van der Waals surface area contributed by atoms with Gasteiger partial charge in [-0.05, 0) is 18.4 Å². The van der Waals surface area contributed by atoms with E-state index >= 15 is 0 Å². The first-order valence-electron chi connectivity index (χ1n) is 5.94. The van der Waals surface area contributed by atoms with Crippen LogP contribution >= 0.6 is 11.3 Å². The molecule has 0 saturated carbocycles. The third-order valence-electron chi connectivity index (χ3n) is 2.88. The Kier molecular flexibility index (Phi) is 3.84. The lowest BCUT2D eigenvalue weighted by Gasteiger charge is -2.24. The highest BCUT2D eigenvalue weighted by molar-refractivity contribution is 7.10. The third kappa shape index (κ3) is 2.93. The molecule has 0 aliphatic carbocycles. The predicted molar refractivity (Wildman–Crippen MR) is 79.7 cm³/mol. The molecule has 0 aromatic carbocycles. The van der Waals surface area contributed by atoms with Gasteiger partial charge in [0.25, 0.3) is 0 Å². The van der Waals surface area contributed by atoms with E-state index in [0.717, 1.165) is 0 Å². The van der Waals surface area contributed by atoms with Gasteiger partial charge in [-0.2, -0.15) is 15.0 Å². The second-order valence-electron chi connectivity index (χ2n) is 4.49. The van der Waals surface area contributed by atoms with Crippen LogP contribution in [0, 0.1) is 0 Å². The molecule has 19 heavy (non-hydrogen) atoms. The van der Waals surface area contributed by atoms with Crippen LogP contribution in [0.2, 0.25) is 0 Å². The Morgan fingerprint density at radius 3 is 2.42 bits per heavy atom. The molecule has 0 aliphatic heterocycles. The van der Waals surface area contributed by atoms with Crippen molar-refractivity contribution in [3.8, 4) is 0 Å². The molecule has 0 fully saturated rings. The zero-order valence-corrected chi connectivity index (χ0v) is 12.3. The number of thiophene rings is 1. The molecule has 2 aromatic heterocycles. The van der Waals surface area contributed by atoms with Crippen molar-refractivity contribution in [3.05, 3.63) is 22.4 Å². The summed E-state index contributed by atoms with van der Waals surface area (Å²) in [7, 11) is 5.71. The molecule has 2 rings (SSSR count). The van der Waals surface area contributed by atoms with Gasteiger partial charge in [-0.25, -0.2) is 0 Å². The van der Waals surface area contributed by atoms with E-state index in [1.54, 1.807) is 11.3 Å². The molecule has 102 valence electrons. The van der Waals surface area contributed by atoms with Crippen LogP contribution in [-0.4, -0.2) is 36.1 Å². The Hall–Kier alpha value is -1.89. The van der Waals surface area contributed by atoms with Gasteiger partial charge in [0, 0.05) is 26.0 Å². The maximum atomic E-state index is 5.74. The quantitative estimate of drug-likeness (QED) is 0.919. The fourth-order valence-corrected chi connectivity index (χ4v) is 2.45. The molecule has 6 nitrogen and oxygen atoms in total. The van der Waals surface area contributed by atoms with Crippen molar-refractivity contribution in [3.63, 3.8) is 0 Å². The van der Waals surface area contributed by atoms with Crippen LogP contribution in [0.5, 0.6) is 0 Å². The number of nitrogens with two attached hydrogens (primary N) is 1. The van der Waals surface area contributed by atoms with Crippen LogP contribution < -0.4 is 15.5 Å². The molecule has 7 heteroatoms. The minimum absolute atomic E-state index is 0.191. The van der Waals surface area contributed by atoms with Crippen molar-refractivity contribution in [2.45, 2.75) is 13.0 Å². The van der Waals surface area contributed by atoms with Crippen molar-refractivity contribution in [2.75, 3.05) is 36.7 Å². The molecule has 2 N–H and O–H groups in total. The van der Waals surface area contributed by atoms with E-state index in [1.807, 2.05) is 37.0 Å². The van der Waals surface area contributed by atoms with Gasteiger partial charge in [0.1, 0.15) is 0 Å². The summed E-state index contributed by atoms with van der Waals surface area (Å²) in [5, 5.41) is 2.06. The first-order valence-corrected chi connectivity index (χ1v) is 6.82. The largest absolute Gasteiger partial charge is 0.368 e. The lowest BCUT2D eigenvalue weighted by Crippen LogP contribution is -2.25. The number of aromatic nitrogens is 3. The normalized spacial score (nSPS) is 12.2. The van der Waals surface area contributed by atoms with Gasteiger partial charge >= 0.3 is 0 Å². The molecule has 1 atom stereocenters. The van der Waals surface area contributed by atoms with Crippen LogP contribution in [0.4, 0.5) is 17.8 Å². The van der Waals surface area contributed by atoms with Gasteiger partial charge in [0.2, 0.25) is 17.8 Å². The first kappa shape index (κ1) is 13.5. The van der Waals surface area contributed by atoms with E-state index in [4.69, 9.17) is 5.73 Å². The Labute approximate surface area is 116 Å². The molecule has 0 spiro atoms. The number of anilines is 3. The highest BCUT2D eigenvalue weighted by Gasteiger charge is 2.17. The number of rotatable bonds is 4. The Balaban J connectivity index is 2.30. The van der Waals surface area contributed by atoms with Crippen molar-refractivity contribution in [2.24, 2.45) is 0 Å². The van der Waals surface area contributed by atoms with Gasteiger partial charge in [0.15, 0.2) is 0 Å². The molecule has 2 aromatic rings. The zero-order valence-electron chi connectivity index (χ0n) is 11.5. The van der Waals surface area contributed by atoms with Crippen LogP contribution in [-0.2, 0) is 0 Å². The summed E-state index contributed by atoms with van der Waals surface area (Å²) in [6, 6.07) is 4.33. The summed E-state index contributed by atoms with van der Waals surface area (Å²) < 4.78 is 0. The summed E-state index contributed by atoms with van der Waals surface area (Å²) >= 11 is 1.71. The Bertz CT molecular complexity index is 539. The van der Waals surface area contributed by atoms with Crippen LogP contribution in [0.25, 0.3) is 0 Å². The van der Waals surface area contributed by atoms with Gasteiger partial charge in [-0.15, -0.1) is 11.3 Å². The molecule has 0 aliphatic rings. The Morgan fingerprint density at radius 1 is 1.16 bits per heavy atom. The van der Waals surface area contributed by atoms with Gasteiger partial charge < -0.3 is 15.5 Å². The van der Waals surface area contributed by atoms with E-state index in [2.05, 4.69) is 33.3 Å². The van der Waals surface area contributed by atoms with Crippen LogP contribution in [0.15, 0.2) is 17.5 Å². The van der Waals surface area contributed by atoms with E-state index in [1.165, 1.54) is 4.88 Å². The highest BCUT2D eigenvalue weighted by atomic mass is 32.1. The predicted octanol–water partition coefficient (Wildman–Crippen LogP) is 1.78. The summed E-state index contributed by atoms with van der Waals surface area (Å²) in [4.78, 5) is 17.8.